The monoisotopic (exact) mass is 411 g/mol. The molecule has 0 radical (unpaired) electrons. The maximum atomic E-state index is 12.7. The molecule has 0 bridgehead atoms. The minimum absolute atomic E-state index is 0.303. The Hall–Kier alpha value is -2.77. The summed E-state index contributed by atoms with van der Waals surface area (Å²) in [5.74, 6) is 0.274. The number of thiocarbonyl (C=S) groups is 1. The largest absolute Gasteiger partial charge is 0.462 e. The minimum atomic E-state index is -0.371. The van der Waals surface area contributed by atoms with Crippen molar-refractivity contribution in [1.29, 1.82) is 0 Å². The summed E-state index contributed by atoms with van der Waals surface area (Å²) in [5, 5.41) is 7.23. The number of nitrogens with zero attached hydrogens (tertiary/aromatic N) is 1. The third kappa shape index (κ3) is 4.55. The number of hydrogen-bond acceptors (Lipinski definition) is 5. The van der Waals surface area contributed by atoms with Crippen LogP contribution in [0, 0.1) is 13.8 Å². The van der Waals surface area contributed by atoms with E-state index in [1.165, 1.54) is 11.3 Å². The number of benzene rings is 1. The molecule has 28 heavy (non-hydrogen) atoms. The second-order valence-electron chi connectivity index (χ2n) is 6.12. The summed E-state index contributed by atoms with van der Waals surface area (Å²) in [6, 6.07) is 13.6. The molecule has 2 N–H and O–H groups in total. The van der Waals surface area contributed by atoms with Crippen LogP contribution in [0.15, 0.2) is 48.7 Å². The van der Waals surface area contributed by atoms with Crippen molar-refractivity contribution in [3.8, 4) is 11.1 Å². The van der Waals surface area contributed by atoms with Crippen molar-refractivity contribution in [2.45, 2.75) is 20.8 Å². The fourth-order valence-corrected chi connectivity index (χ4v) is 4.18. The van der Waals surface area contributed by atoms with Crippen LogP contribution >= 0.6 is 23.6 Å². The van der Waals surface area contributed by atoms with Crippen LogP contribution in [-0.2, 0) is 4.74 Å². The predicted octanol–water partition coefficient (Wildman–Crippen LogP) is 5.41. The molecule has 0 atom stereocenters. The molecule has 0 aliphatic carbocycles. The van der Waals surface area contributed by atoms with E-state index in [0.29, 0.717) is 28.1 Å². The van der Waals surface area contributed by atoms with E-state index in [0.717, 1.165) is 21.6 Å². The van der Waals surface area contributed by atoms with E-state index in [1.807, 2.05) is 56.3 Å². The molecule has 0 amide bonds. The Bertz CT molecular complexity index is 1000. The number of thiophene rings is 1. The Kier molecular flexibility index (Phi) is 6.38. The Balaban J connectivity index is 1.94. The van der Waals surface area contributed by atoms with Crippen LogP contribution in [0.2, 0.25) is 0 Å². The third-order valence-electron chi connectivity index (χ3n) is 4.01. The van der Waals surface area contributed by atoms with Crippen molar-refractivity contribution in [1.82, 2.24) is 4.98 Å². The van der Waals surface area contributed by atoms with Gasteiger partial charge in [0.05, 0.1) is 6.61 Å². The van der Waals surface area contributed by atoms with Gasteiger partial charge in [-0.1, -0.05) is 30.3 Å². The standard InChI is InChI=1S/C21H21N3O2S2/c1-4-26-20(25)18-17(15-8-6-5-7-9-15)14(3)28-19(18)24-21(27)23-16-12-13(2)10-11-22-16/h5-12H,4H2,1-3H3,(H2,22,23,24,27). The molecule has 5 nitrogen and oxygen atoms in total. The van der Waals surface area contributed by atoms with Gasteiger partial charge in [-0.15, -0.1) is 11.3 Å². The number of anilines is 2. The van der Waals surface area contributed by atoms with Gasteiger partial charge in [-0.2, -0.15) is 0 Å². The van der Waals surface area contributed by atoms with Crippen LogP contribution in [-0.4, -0.2) is 22.7 Å². The maximum Gasteiger partial charge on any atom is 0.341 e. The molecule has 3 aromatic rings. The van der Waals surface area contributed by atoms with Gasteiger partial charge in [0.1, 0.15) is 16.4 Å². The fraction of sp³-hybridized carbons (Fsp3) is 0.190. The first-order chi connectivity index (χ1) is 13.5. The molecule has 0 aliphatic heterocycles. The second kappa shape index (κ2) is 8.95. The summed E-state index contributed by atoms with van der Waals surface area (Å²) in [7, 11) is 0. The molecule has 0 saturated carbocycles. The smallest absolute Gasteiger partial charge is 0.341 e. The lowest BCUT2D eigenvalue weighted by molar-refractivity contribution is 0.0529. The van der Waals surface area contributed by atoms with Crippen molar-refractivity contribution in [2.24, 2.45) is 0 Å². The molecule has 0 fully saturated rings. The molecule has 144 valence electrons. The van der Waals surface area contributed by atoms with Crippen molar-refractivity contribution < 1.29 is 9.53 Å². The van der Waals surface area contributed by atoms with E-state index in [9.17, 15) is 4.79 Å². The lowest BCUT2D eigenvalue weighted by Gasteiger charge is -2.11. The highest BCUT2D eigenvalue weighted by atomic mass is 32.1. The van der Waals surface area contributed by atoms with Crippen molar-refractivity contribution in [2.75, 3.05) is 17.2 Å². The molecule has 3 rings (SSSR count). The molecule has 0 unspecified atom stereocenters. The van der Waals surface area contributed by atoms with Crippen LogP contribution < -0.4 is 10.6 Å². The molecule has 0 spiro atoms. The average molecular weight is 412 g/mol. The Morgan fingerprint density at radius 1 is 1.18 bits per heavy atom. The van der Waals surface area contributed by atoms with Gasteiger partial charge in [-0.3, -0.25) is 0 Å². The molecule has 7 heteroatoms. The van der Waals surface area contributed by atoms with Crippen LogP contribution in [0.4, 0.5) is 10.8 Å². The van der Waals surface area contributed by atoms with Gasteiger partial charge in [0, 0.05) is 16.6 Å². The molecule has 1 aromatic carbocycles. The van der Waals surface area contributed by atoms with Crippen molar-refractivity contribution in [3.05, 3.63) is 64.7 Å². The summed E-state index contributed by atoms with van der Waals surface area (Å²) in [5.41, 5.74) is 3.40. The summed E-state index contributed by atoms with van der Waals surface area (Å²) < 4.78 is 5.31. The number of carbonyl (C=O) groups excluding carboxylic acids is 1. The molecule has 0 saturated heterocycles. The molecular formula is C21H21N3O2S2. The molecule has 2 aromatic heterocycles. The van der Waals surface area contributed by atoms with Gasteiger partial charge in [-0.05, 0) is 56.2 Å². The predicted molar refractivity (Wildman–Crippen MR) is 119 cm³/mol. The van der Waals surface area contributed by atoms with E-state index in [2.05, 4.69) is 15.6 Å². The summed E-state index contributed by atoms with van der Waals surface area (Å²) in [6.07, 6.45) is 1.72. The first kappa shape index (κ1) is 20.0. The Morgan fingerprint density at radius 2 is 1.93 bits per heavy atom. The number of aryl methyl sites for hydroxylation is 2. The number of carbonyl (C=O) groups is 1. The van der Waals surface area contributed by atoms with E-state index < -0.39 is 0 Å². The topological polar surface area (TPSA) is 63.2 Å². The van der Waals surface area contributed by atoms with E-state index >= 15 is 0 Å². The van der Waals surface area contributed by atoms with E-state index in [4.69, 9.17) is 17.0 Å². The highest BCUT2D eigenvalue weighted by Gasteiger charge is 2.24. The third-order valence-corrected chi connectivity index (χ3v) is 5.24. The summed E-state index contributed by atoms with van der Waals surface area (Å²) >= 11 is 6.91. The van der Waals surface area contributed by atoms with Crippen molar-refractivity contribution >= 4 is 45.5 Å². The normalized spacial score (nSPS) is 10.4. The van der Waals surface area contributed by atoms with E-state index in [-0.39, 0.29) is 5.97 Å². The van der Waals surface area contributed by atoms with Gasteiger partial charge in [-0.25, -0.2) is 9.78 Å². The average Bonchev–Trinajstić information content (AvgIpc) is 2.98. The van der Waals surface area contributed by atoms with Gasteiger partial charge < -0.3 is 15.4 Å². The number of ether oxygens (including phenoxy) is 1. The van der Waals surface area contributed by atoms with E-state index in [1.54, 1.807) is 13.1 Å². The zero-order chi connectivity index (χ0) is 20.1. The highest BCUT2D eigenvalue weighted by Crippen LogP contribution is 2.40. The van der Waals surface area contributed by atoms with Gasteiger partial charge in [0.25, 0.3) is 0 Å². The first-order valence-corrected chi connectivity index (χ1v) is 10.1. The Labute approximate surface area is 173 Å². The van der Waals surface area contributed by atoms with Crippen LogP contribution in [0.25, 0.3) is 11.1 Å². The number of aromatic nitrogens is 1. The van der Waals surface area contributed by atoms with Gasteiger partial charge >= 0.3 is 5.97 Å². The van der Waals surface area contributed by atoms with Gasteiger partial charge in [0.15, 0.2) is 5.11 Å². The lowest BCUT2D eigenvalue weighted by atomic mass is 10.0. The van der Waals surface area contributed by atoms with Crippen molar-refractivity contribution in [3.63, 3.8) is 0 Å². The van der Waals surface area contributed by atoms with Gasteiger partial charge in [0.2, 0.25) is 0 Å². The number of hydrogen-bond donors (Lipinski definition) is 2. The highest BCUT2D eigenvalue weighted by molar-refractivity contribution is 7.80. The number of esters is 1. The summed E-state index contributed by atoms with van der Waals surface area (Å²) in [4.78, 5) is 18.0. The van der Waals surface area contributed by atoms with Crippen LogP contribution in [0.5, 0.6) is 0 Å². The lowest BCUT2D eigenvalue weighted by Crippen LogP contribution is -2.21. The SMILES string of the molecule is CCOC(=O)c1c(NC(=S)Nc2cc(C)ccn2)sc(C)c1-c1ccccc1. The first-order valence-electron chi connectivity index (χ1n) is 8.86. The fourth-order valence-electron chi connectivity index (χ4n) is 2.84. The zero-order valence-corrected chi connectivity index (χ0v) is 17.5. The summed E-state index contributed by atoms with van der Waals surface area (Å²) in [6.45, 7) is 6.07. The van der Waals surface area contributed by atoms with Crippen LogP contribution in [0.3, 0.4) is 0 Å². The minimum Gasteiger partial charge on any atom is -0.462 e. The zero-order valence-electron chi connectivity index (χ0n) is 15.9. The van der Waals surface area contributed by atoms with Crippen LogP contribution in [0.1, 0.15) is 27.7 Å². The molecule has 2 heterocycles. The second-order valence-corrected chi connectivity index (χ2v) is 7.75. The number of pyridine rings is 1. The quantitative estimate of drug-likeness (QED) is 0.432. The number of rotatable bonds is 5. The molecular weight excluding hydrogens is 390 g/mol. The number of nitrogens with one attached hydrogen (secondary N) is 2. The maximum absolute atomic E-state index is 12.7. The Morgan fingerprint density at radius 3 is 2.61 bits per heavy atom. The molecule has 0 aliphatic rings.